The van der Waals surface area contributed by atoms with Gasteiger partial charge in [-0.2, -0.15) is 4.98 Å². The molecule has 0 N–H and O–H groups in total. The van der Waals surface area contributed by atoms with Gasteiger partial charge < -0.3 is 18.8 Å². The molecular formula is C15H17ClN2O4. The fourth-order valence-corrected chi connectivity index (χ4v) is 2.83. The number of aromatic nitrogens is 1. The third kappa shape index (κ3) is 2.64. The van der Waals surface area contributed by atoms with Gasteiger partial charge in [-0.1, -0.05) is 18.5 Å². The third-order valence-electron chi connectivity index (χ3n) is 3.80. The first-order valence-corrected chi connectivity index (χ1v) is 7.54. The number of oxazole rings is 1. The second-order valence-corrected chi connectivity index (χ2v) is 5.55. The zero-order valence-electron chi connectivity index (χ0n) is 12.5. The first-order chi connectivity index (χ1) is 10.6. The van der Waals surface area contributed by atoms with Crippen LogP contribution >= 0.6 is 11.6 Å². The summed E-state index contributed by atoms with van der Waals surface area (Å²) in [5.74, 6) is -0.485. The van der Waals surface area contributed by atoms with E-state index in [0.717, 1.165) is 6.42 Å². The number of halogens is 1. The molecule has 2 aromatic rings. The Labute approximate surface area is 132 Å². The molecule has 1 aromatic carbocycles. The number of fused-ring (bicyclic) bond motifs is 1. The predicted octanol–water partition coefficient (Wildman–Crippen LogP) is 2.88. The van der Waals surface area contributed by atoms with Crippen LogP contribution in [0, 0.1) is 0 Å². The molecule has 0 saturated carbocycles. The highest BCUT2D eigenvalue weighted by Crippen LogP contribution is 2.30. The van der Waals surface area contributed by atoms with Crippen molar-refractivity contribution >= 4 is 34.7 Å². The molecule has 0 spiro atoms. The first-order valence-electron chi connectivity index (χ1n) is 7.16. The van der Waals surface area contributed by atoms with Gasteiger partial charge in [-0.25, -0.2) is 4.79 Å². The average molecular weight is 325 g/mol. The van der Waals surface area contributed by atoms with Crippen LogP contribution in [0.5, 0.6) is 0 Å². The quantitative estimate of drug-likeness (QED) is 0.809. The number of esters is 1. The van der Waals surface area contributed by atoms with Crippen LogP contribution < -0.4 is 4.90 Å². The molecule has 6 nitrogen and oxygen atoms in total. The molecule has 7 heteroatoms. The lowest BCUT2D eigenvalue weighted by Gasteiger charge is -2.33. The standard InChI is InChI=1S/C15H17ClN2O4/c1-3-10-8-21-5-4-18(10)15-17-13-11(14(19)20-2)6-9(16)7-12(13)22-15/h6-7,10H,3-5,8H2,1-2H3. The van der Waals surface area contributed by atoms with Crippen molar-refractivity contribution < 1.29 is 18.7 Å². The van der Waals surface area contributed by atoms with Crippen LogP contribution in [0.3, 0.4) is 0 Å². The van der Waals surface area contributed by atoms with Crippen LogP contribution in [0.25, 0.3) is 11.1 Å². The Bertz CT molecular complexity index is 700. The van der Waals surface area contributed by atoms with Gasteiger partial charge in [-0.05, 0) is 12.5 Å². The highest BCUT2D eigenvalue weighted by Gasteiger charge is 2.27. The van der Waals surface area contributed by atoms with E-state index in [9.17, 15) is 4.79 Å². The fourth-order valence-electron chi connectivity index (χ4n) is 2.62. The predicted molar refractivity (Wildman–Crippen MR) is 82.6 cm³/mol. The van der Waals surface area contributed by atoms with E-state index < -0.39 is 5.97 Å². The third-order valence-corrected chi connectivity index (χ3v) is 4.02. The SMILES string of the molecule is CCC1COCCN1c1nc2c(C(=O)OC)cc(Cl)cc2o1. The summed E-state index contributed by atoms with van der Waals surface area (Å²) in [4.78, 5) is 18.4. The molecule has 0 aliphatic carbocycles. The number of hydrogen-bond donors (Lipinski definition) is 0. The van der Waals surface area contributed by atoms with Gasteiger partial charge in [0.05, 0.1) is 31.9 Å². The van der Waals surface area contributed by atoms with E-state index in [-0.39, 0.29) is 6.04 Å². The molecule has 2 heterocycles. The van der Waals surface area contributed by atoms with Gasteiger partial charge in [0.2, 0.25) is 0 Å². The first kappa shape index (κ1) is 15.1. The molecule has 1 unspecified atom stereocenters. The average Bonchev–Trinajstić information content (AvgIpc) is 2.96. The summed E-state index contributed by atoms with van der Waals surface area (Å²) in [6.45, 7) is 4.05. The van der Waals surface area contributed by atoms with E-state index in [1.165, 1.54) is 7.11 Å². The van der Waals surface area contributed by atoms with Crippen molar-refractivity contribution in [2.24, 2.45) is 0 Å². The summed E-state index contributed by atoms with van der Waals surface area (Å²) in [5.41, 5.74) is 1.25. The Hall–Kier alpha value is -1.79. The van der Waals surface area contributed by atoms with Gasteiger partial charge in [-0.15, -0.1) is 0 Å². The number of anilines is 1. The largest absolute Gasteiger partial charge is 0.465 e. The Morgan fingerprint density at radius 1 is 1.55 bits per heavy atom. The summed E-state index contributed by atoms with van der Waals surface area (Å²) in [5, 5.41) is 0.407. The van der Waals surface area contributed by atoms with E-state index >= 15 is 0 Å². The molecule has 1 aliphatic heterocycles. The monoisotopic (exact) mass is 324 g/mol. The summed E-state index contributed by atoms with van der Waals surface area (Å²) in [6.07, 6.45) is 0.920. The summed E-state index contributed by atoms with van der Waals surface area (Å²) in [6, 6.07) is 3.89. The van der Waals surface area contributed by atoms with Crippen LogP contribution in [0.2, 0.25) is 5.02 Å². The lowest BCUT2D eigenvalue weighted by atomic mass is 10.2. The van der Waals surface area contributed by atoms with E-state index in [0.29, 0.717) is 47.5 Å². The minimum absolute atomic E-state index is 0.207. The molecule has 0 bridgehead atoms. The minimum atomic E-state index is -0.485. The zero-order valence-corrected chi connectivity index (χ0v) is 13.2. The van der Waals surface area contributed by atoms with Crippen molar-refractivity contribution in [2.75, 3.05) is 31.8 Å². The highest BCUT2D eigenvalue weighted by molar-refractivity contribution is 6.31. The summed E-state index contributed by atoms with van der Waals surface area (Å²) < 4.78 is 16.1. The van der Waals surface area contributed by atoms with Crippen LogP contribution in [0.15, 0.2) is 16.5 Å². The van der Waals surface area contributed by atoms with Crippen molar-refractivity contribution in [2.45, 2.75) is 19.4 Å². The zero-order chi connectivity index (χ0) is 15.7. The van der Waals surface area contributed by atoms with E-state index in [4.69, 9.17) is 25.5 Å². The number of hydrogen-bond acceptors (Lipinski definition) is 6. The molecule has 1 aliphatic rings. The number of nitrogens with zero attached hydrogens (tertiary/aromatic N) is 2. The maximum absolute atomic E-state index is 11.9. The topological polar surface area (TPSA) is 64.8 Å². The molecule has 1 saturated heterocycles. The number of ether oxygens (including phenoxy) is 2. The number of benzene rings is 1. The van der Waals surface area contributed by atoms with Crippen molar-refractivity contribution in [3.8, 4) is 0 Å². The smallest absolute Gasteiger partial charge is 0.340 e. The minimum Gasteiger partial charge on any atom is -0.465 e. The van der Waals surface area contributed by atoms with Gasteiger partial charge in [0.15, 0.2) is 5.58 Å². The van der Waals surface area contributed by atoms with E-state index in [2.05, 4.69) is 16.8 Å². The maximum atomic E-state index is 11.9. The van der Waals surface area contributed by atoms with Crippen LogP contribution in [-0.4, -0.2) is 43.9 Å². The molecule has 1 atom stereocenters. The van der Waals surface area contributed by atoms with Crippen molar-refractivity contribution in [1.29, 1.82) is 0 Å². The Kier molecular flexibility index (Phi) is 4.22. The van der Waals surface area contributed by atoms with Crippen molar-refractivity contribution in [3.63, 3.8) is 0 Å². The van der Waals surface area contributed by atoms with Gasteiger partial charge in [0.1, 0.15) is 5.52 Å². The summed E-state index contributed by atoms with van der Waals surface area (Å²) >= 11 is 6.05. The number of methoxy groups -OCH3 is 1. The molecule has 1 aromatic heterocycles. The van der Waals surface area contributed by atoms with Gasteiger partial charge in [-0.3, -0.25) is 0 Å². The number of rotatable bonds is 3. The maximum Gasteiger partial charge on any atom is 0.340 e. The second-order valence-electron chi connectivity index (χ2n) is 5.12. The summed E-state index contributed by atoms with van der Waals surface area (Å²) in [7, 11) is 1.32. The van der Waals surface area contributed by atoms with Crippen LogP contribution in [0.4, 0.5) is 6.01 Å². The van der Waals surface area contributed by atoms with Crippen LogP contribution in [-0.2, 0) is 9.47 Å². The molecule has 0 amide bonds. The molecule has 1 fully saturated rings. The number of morpholine rings is 1. The van der Waals surface area contributed by atoms with Crippen LogP contribution in [0.1, 0.15) is 23.7 Å². The normalized spacial score (nSPS) is 18.7. The Morgan fingerprint density at radius 2 is 2.36 bits per heavy atom. The fraction of sp³-hybridized carbons (Fsp3) is 0.467. The van der Waals surface area contributed by atoms with E-state index in [1.807, 2.05) is 0 Å². The van der Waals surface area contributed by atoms with E-state index in [1.54, 1.807) is 12.1 Å². The number of carbonyl (C=O) groups is 1. The Morgan fingerprint density at radius 3 is 3.09 bits per heavy atom. The van der Waals surface area contributed by atoms with Crippen molar-refractivity contribution in [1.82, 2.24) is 4.98 Å². The van der Waals surface area contributed by atoms with Gasteiger partial charge in [0.25, 0.3) is 6.01 Å². The lowest BCUT2D eigenvalue weighted by molar-refractivity contribution is 0.0602. The second kappa shape index (κ2) is 6.14. The molecule has 22 heavy (non-hydrogen) atoms. The molecular weight excluding hydrogens is 308 g/mol. The molecule has 118 valence electrons. The lowest BCUT2D eigenvalue weighted by Crippen LogP contribution is -2.45. The van der Waals surface area contributed by atoms with Gasteiger partial charge in [0, 0.05) is 17.6 Å². The molecule has 3 rings (SSSR count). The molecule has 0 radical (unpaired) electrons. The van der Waals surface area contributed by atoms with Gasteiger partial charge >= 0.3 is 5.97 Å². The Balaban J connectivity index is 2.07. The highest BCUT2D eigenvalue weighted by atomic mass is 35.5. The van der Waals surface area contributed by atoms with Crippen molar-refractivity contribution in [3.05, 3.63) is 22.7 Å². The number of carbonyl (C=O) groups excluding carboxylic acids is 1.